The molecule has 1 rings (SSSR count). The summed E-state index contributed by atoms with van der Waals surface area (Å²) in [6.45, 7) is 13.3. The monoisotopic (exact) mass is 500 g/mol. The zero-order chi connectivity index (χ0) is 26.7. The highest BCUT2D eigenvalue weighted by Gasteiger charge is 2.47. The molecule has 206 valence electrons. The molecule has 0 aliphatic heterocycles. The number of hydrogen-bond acceptors (Lipinski definition) is 3. The highest BCUT2D eigenvalue weighted by molar-refractivity contribution is 5.75. The Hall–Kier alpha value is -1.64. The molecule has 1 fully saturated rings. The molecule has 0 bridgehead atoms. The SMILES string of the molecule is C=C(CCCOC(=O)CCCCCCC/C=C\C/C=C\CCCCC)[C@H]1CC(C)(C)[C@@H]1CCC(C)=O. The summed E-state index contributed by atoms with van der Waals surface area (Å²) >= 11 is 0. The minimum Gasteiger partial charge on any atom is -0.466 e. The Morgan fingerprint density at radius 2 is 1.50 bits per heavy atom. The molecule has 0 spiro atoms. The lowest BCUT2D eigenvalue weighted by Crippen LogP contribution is -2.44. The van der Waals surface area contributed by atoms with Crippen LogP contribution in [0.25, 0.3) is 0 Å². The summed E-state index contributed by atoms with van der Waals surface area (Å²) in [5.74, 6) is 1.28. The zero-order valence-corrected chi connectivity index (χ0v) is 24.1. The molecule has 3 heteroatoms. The number of Topliss-reactive ketones (excluding diaryl/α,β-unsaturated/α-hetero) is 1. The maximum absolute atomic E-state index is 12.0. The summed E-state index contributed by atoms with van der Waals surface area (Å²) in [6, 6.07) is 0. The van der Waals surface area contributed by atoms with E-state index < -0.39 is 0 Å². The molecule has 0 aromatic carbocycles. The maximum Gasteiger partial charge on any atom is 0.305 e. The van der Waals surface area contributed by atoms with Crippen molar-refractivity contribution in [1.82, 2.24) is 0 Å². The van der Waals surface area contributed by atoms with Crippen molar-refractivity contribution in [3.05, 3.63) is 36.5 Å². The molecule has 2 atom stereocenters. The molecule has 3 nitrogen and oxygen atoms in total. The van der Waals surface area contributed by atoms with Crippen molar-refractivity contribution in [2.24, 2.45) is 17.3 Å². The minimum atomic E-state index is -0.0598. The quantitative estimate of drug-likeness (QED) is 0.0844. The van der Waals surface area contributed by atoms with Gasteiger partial charge in [-0.2, -0.15) is 0 Å². The summed E-state index contributed by atoms with van der Waals surface area (Å²) < 4.78 is 5.45. The third kappa shape index (κ3) is 14.8. The van der Waals surface area contributed by atoms with Crippen LogP contribution in [-0.2, 0) is 14.3 Å². The molecule has 0 amide bonds. The summed E-state index contributed by atoms with van der Waals surface area (Å²) in [4.78, 5) is 23.4. The van der Waals surface area contributed by atoms with E-state index >= 15 is 0 Å². The normalized spacial score (nSPS) is 19.0. The molecule has 1 aliphatic rings. The first-order chi connectivity index (χ1) is 17.3. The van der Waals surface area contributed by atoms with Crippen LogP contribution in [0.2, 0.25) is 0 Å². The lowest BCUT2D eigenvalue weighted by Gasteiger charge is -2.53. The molecule has 0 aromatic heterocycles. The Kier molecular flexibility index (Phi) is 17.5. The Labute approximate surface area is 223 Å². The largest absolute Gasteiger partial charge is 0.466 e. The summed E-state index contributed by atoms with van der Waals surface area (Å²) in [5.41, 5.74) is 1.57. The van der Waals surface area contributed by atoms with Gasteiger partial charge in [-0.25, -0.2) is 0 Å². The molecule has 0 N–H and O–H groups in total. The Morgan fingerprint density at radius 1 is 0.861 bits per heavy atom. The molecule has 36 heavy (non-hydrogen) atoms. The number of hydrogen-bond donors (Lipinski definition) is 0. The number of rotatable bonds is 22. The van der Waals surface area contributed by atoms with Crippen molar-refractivity contribution in [2.45, 2.75) is 137 Å². The fourth-order valence-electron chi connectivity index (χ4n) is 5.45. The second kappa shape index (κ2) is 19.5. The number of esters is 1. The minimum absolute atomic E-state index is 0.0598. The lowest BCUT2D eigenvalue weighted by molar-refractivity contribution is -0.143. The third-order valence-corrected chi connectivity index (χ3v) is 7.80. The van der Waals surface area contributed by atoms with Crippen LogP contribution < -0.4 is 0 Å². The second-order valence-corrected chi connectivity index (χ2v) is 11.6. The molecule has 0 saturated heterocycles. The first-order valence-electron chi connectivity index (χ1n) is 14.9. The average molecular weight is 501 g/mol. The van der Waals surface area contributed by atoms with Crippen LogP contribution >= 0.6 is 0 Å². The highest BCUT2D eigenvalue weighted by Crippen LogP contribution is 2.55. The Morgan fingerprint density at radius 3 is 2.14 bits per heavy atom. The van der Waals surface area contributed by atoms with Crippen LogP contribution in [0.4, 0.5) is 0 Å². The van der Waals surface area contributed by atoms with Crippen LogP contribution in [0.1, 0.15) is 137 Å². The molecule has 0 heterocycles. The first kappa shape index (κ1) is 32.4. The van der Waals surface area contributed by atoms with E-state index in [1.807, 2.05) is 0 Å². The zero-order valence-electron chi connectivity index (χ0n) is 24.1. The molecule has 0 aromatic rings. The summed E-state index contributed by atoms with van der Waals surface area (Å²) in [7, 11) is 0. The predicted octanol–water partition coefficient (Wildman–Crippen LogP) is 9.71. The van der Waals surface area contributed by atoms with E-state index in [4.69, 9.17) is 4.74 Å². The van der Waals surface area contributed by atoms with E-state index in [1.54, 1.807) is 6.92 Å². The molecule has 0 radical (unpaired) electrons. The van der Waals surface area contributed by atoms with Gasteiger partial charge in [0.2, 0.25) is 0 Å². The van der Waals surface area contributed by atoms with Crippen LogP contribution in [-0.4, -0.2) is 18.4 Å². The number of carbonyl (C=O) groups is 2. The van der Waals surface area contributed by atoms with E-state index in [0.717, 1.165) is 51.4 Å². The van der Waals surface area contributed by atoms with Crippen molar-refractivity contribution in [1.29, 1.82) is 0 Å². The van der Waals surface area contributed by atoms with Crippen LogP contribution in [0.5, 0.6) is 0 Å². The first-order valence-corrected chi connectivity index (χ1v) is 14.9. The van der Waals surface area contributed by atoms with E-state index in [0.29, 0.717) is 36.7 Å². The van der Waals surface area contributed by atoms with Crippen molar-refractivity contribution >= 4 is 11.8 Å². The van der Waals surface area contributed by atoms with Gasteiger partial charge < -0.3 is 9.53 Å². The van der Waals surface area contributed by atoms with Gasteiger partial charge in [0.15, 0.2) is 0 Å². The van der Waals surface area contributed by atoms with Gasteiger partial charge >= 0.3 is 5.97 Å². The summed E-state index contributed by atoms with van der Waals surface area (Å²) in [6.07, 6.45) is 27.3. The second-order valence-electron chi connectivity index (χ2n) is 11.6. The number of allylic oxidation sites excluding steroid dienone is 5. The van der Waals surface area contributed by atoms with Gasteiger partial charge in [-0.3, -0.25) is 4.79 Å². The predicted molar refractivity (Wildman–Crippen MR) is 154 cm³/mol. The van der Waals surface area contributed by atoms with Crippen LogP contribution in [0.3, 0.4) is 0 Å². The number of carbonyl (C=O) groups excluding carboxylic acids is 2. The van der Waals surface area contributed by atoms with E-state index in [1.165, 1.54) is 50.5 Å². The molecule has 1 aliphatic carbocycles. The average Bonchev–Trinajstić information content (AvgIpc) is 2.82. The van der Waals surface area contributed by atoms with Gasteiger partial charge in [0.25, 0.3) is 0 Å². The van der Waals surface area contributed by atoms with E-state index in [9.17, 15) is 9.59 Å². The highest BCUT2D eigenvalue weighted by atomic mass is 16.5. The standard InChI is InChI=1S/C33H56O3/c1-6-7-8-9-10-11-12-13-14-15-16-17-18-19-20-23-32(35)36-26-21-22-28(2)30-27-33(4,5)31(30)25-24-29(3)34/h10-11,13-14,30-31H,2,6-9,12,15-27H2,1,3-5H3/b11-10-,14-13-/t30-,31-/m1/s1. The number of ketones is 1. The van der Waals surface area contributed by atoms with E-state index in [-0.39, 0.29) is 11.8 Å². The van der Waals surface area contributed by atoms with Crippen molar-refractivity contribution in [3.63, 3.8) is 0 Å². The smallest absolute Gasteiger partial charge is 0.305 e. The number of ether oxygens (including phenoxy) is 1. The summed E-state index contributed by atoms with van der Waals surface area (Å²) in [5, 5.41) is 0. The van der Waals surface area contributed by atoms with E-state index in [2.05, 4.69) is 51.7 Å². The molecular formula is C33H56O3. The van der Waals surface area contributed by atoms with Gasteiger partial charge in [0, 0.05) is 12.8 Å². The van der Waals surface area contributed by atoms with Crippen molar-refractivity contribution in [2.75, 3.05) is 6.61 Å². The topological polar surface area (TPSA) is 43.4 Å². The molecule has 1 saturated carbocycles. The fourth-order valence-corrected chi connectivity index (χ4v) is 5.45. The third-order valence-electron chi connectivity index (χ3n) is 7.80. The molecule has 0 unspecified atom stereocenters. The lowest BCUT2D eigenvalue weighted by atomic mass is 9.52. The maximum atomic E-state index is 12.0. The van der Waals surface area contributed by atoms with Crippen LogP contribution in [0.15, 0.2) is 36.5 Å². The van der Waals surface area contributed by atoms with Gasteiger partial charge in [0.05, 0.1) is 6.61 Å². The number of unbranched alkanes of at least 4 members (excludes halogenated alkanes) is 8. The van der Waals surface area contributed by atoms with Gasteiger partial charge in [-0.15, -0.1) is 0 Å². The Balaban J connectivity index is 1.97. The molecular weight excluding hydrogens is 444 g/mol. The van der Waals surface area contributed by atoms with Crippen molar-refractivity contribution in [3.8, 4) is 0 Å². The van der Waals surface area contributed by atoms with Crippen LogP contribution in [0, 0.1) is 17.3 Å². The van der Waals surface area contributed by atoms with Crippen molar-refractivity contribution < 1.29 is 14.3 Å². The van der Waals surface area contributed by atoms with Gasteiger partial charge in [-0.05, 0) is 88.4 Å². The Bertz CT molecular complexity index is 685. The van der Waals surface area contributed by atoms with Gasteiger partial charge in [0.1, 0.15) is 5.78 Å². The van der Waals surface area contributed by atoms with Gasteiger partial charge in [-0.1, -0.05) is 89.3 Å². The fraction of sp³-hybridized carbons (Fsp3) is 0.758.